The molecule has 1 amide bonds. The van der Waals surface area contributed by atoms with Crippen molar-refractivity contribution in [3.05, 3.63) is 29.8 Å². The number of hydrogen-bond donors (Lipinski definition) is 2. The maximum absolute atomic E-state index is 12.0. The van der Waals surface area contributed by atoms with E-state index < -0.39 is 11.9 Å². The lowest BCUT2D eigenvalue weighted by Gasteiger charge is -2.22. The summed E-state index contributed by atoms with van der Waals surface area (Å²) in [5.74, 6) is -1.63. The molecule has 1 heterocycles. The second-order valence-electron chi connectivity index (χ2n) is 5.28. The molecule has 108 valence electrons. The van der Waals surface area contributed by atoms with Crippen LogP contribution in [-0.4, -0.2) is 36.1 Å². The average molecular weight is 276 g/mol. The number of aliphatic carboxylic acids is 1. The van der Waals surface area contributed by atoms with Gasteiger partial charge in [0.25, 0.3) is 0 Å². The minimum absolute atomic E-state index is 0.137. The summed E-state index contributed by atoms with van der Waals surface area (Å²) in [5.41, 5.74) is 2.36. The Morgan fingerprint density at radius 1 is 1.35 bits per heavy atom. The number of rotatable bonds is 5. The molecule has 0 aromatic heterocycles. The summed E-state index contributed by atoms with van der Waals surface area (Å²) in [6.07, 6.45) is 0.949. The zero-order valence-electron chi connectivity index (χ0n) is 11.8. The Bertz CT molecular complexity index is 516. The Morgan fingerprint density at radius 2 is 2.05 bits per heavy atom. The summed E-state index contributed by atoms with van der Waals surface area (Å²) in [6, 6.07) is 7.67. The number of nitrogens with zero attached hydrogens (tertiary/aromatic N) is 1. The van der Waals surface area contributed by atoms with Crippen molar-refractivity contribution in [2.24, 2.45) is 5.92 Å². The molecule has 20 heavy (non-hydrogen) atoms. The van der Waals surface area contributed by atoms with E-state index in [2.05, 4.69) is 11.4 Å². The molecule has 5 nitrogen and oxygen atoms in total. The highest BCUT2D eigenvalue weighted by atomic mass is 16.4. The zero-order valence-corrected chi connectivity index (χ0v) is 11.8. The molecule has 5 heteroatoms. The third kappa shape index (κ3) is 3.10. The van der Waals surface area contributed by atoms with Crippen LogP contribution in [0.1, 0.15) is 19.4 Å². The molecule has 0 bridgehead atoms. The van der Waals surface area contributed by atoms with Crippen molar-refractivity contribution in [2.75, 3.05) is 18.0 Å². The molecule has 1 aromatic carbocycles. The van der Waals surface area contributed by atoms with Gasteiger partial charge in [-0.25, -0.2) is 0 Å². The van der Waals surface area contributed by atoms with Crippen molar-refractivity contribution in [1.29, 1.82) is 0 Å². The monoisotopic (exact) mass is 276 g/mol. The van der Waals surface area contributed by atoms with Crippen molar-refractivity contribution in [2.45, 2.75) is 26.3 Å². The van der Waals surface area contributed by atoms with Gasteiger partial charge in [-0.15, -0.1) is 0 Å². The molecule has 0 aliphatic carbocycles. The van der Waals surface area contributed by atoms with E-state index in [4.69, 9.17) is 5.11 Å². The van der Waals surface area contributed by atoms with Crippen molar-refractivity contribution in [1.82, 2.24) is 5.32 Å². The second-order valence-corrected chi connectivity index (χ2v) is 5.28. The highest BCUT2D eigenvalue weighted by Gasteiger charge is 2.24. The quantitative estimate of drug-likeness (QED) is 0.850. The molecular weight excluding hydrogens is 256 g/mol. The van der Waals surface area contributed by atoms with Crippen LogP contribution >= 0.6 is 0 Å². The Hall–Kier alpha value is -2.04. The Morgan fingerprint density at radius 3 is 2.75 bits per heavy atom. The highest BCUT2D eigenvalue weighted by molar-refractivity contribution is 5.83. The molecular formula is C15H20N2O3. The molecule has 0 radical (unpaired) electrons. The number of carboxylic acids is 1. The molecule has 0 fully saturated rings. The zero-order chi connectivity index (χ0) is 14.7. The molecule has 0 saturated carbocycles. The lowest BCUT2D eigenvalue weighted by molar-refractivity contribution is -0.142. The van der Waals surface area contributed by atoms with Gasteiger partial charge in [0, 0.05) is 18.3 Å². The summed E-state index contributed by atoms with van der Waals surface area (Å²) in [6.45, 7) is 4.41. The Kier molecular flexibility index (Phi) is 4.27. The van der Waals surface area contributed by atoms with Gasteiger partial charge in [0.15, 0.2) is 0 Å². The number of hydrogen-bond acceptors (Lipinski definition) is 3. The van der Waals surface area contributed by atoms with E-state index in [1.807, 2.05) is 23.1 Å². The molecule has 2 atom stereocenters. The van der Waals surface area contributed by atoms with Crippen LogP contribution < -0.4 is 10.2 Å². The van der Waals surface area contributed by atoms with Gasteiger partial charge in [0.05, 0.1) is 12.5 Å². The molecule has 1 aromatic rings. The van der Waals surface area contributed by atoms with E-state index in [9.17, 15) is 9.59 Å². The first-order valence-corrected chi connectivity index (χ1v) is 6.84. The molecule has 1 aliphatic heterocycles. The number of nitrogens with one attached hydrogen (secondary N) is 1. The summed E-state index contributed by atoms with van der Waals surface area (Å²) in [7, 11) is 0. The number of carboxylic acid groups (broad SMARTS) is 1. The van der Waals surface area contributed by atoms with Crippen LogP contribution in [0.3, 0.4) is 0 Å². The second kappa shape index (κ2) is 5.94. The van der Waals surface area contributed by atoms with Gasteiger partial charge in [-0.3, -0.25) is 9.59 Å². The lowest BCUT2D eigenvalue weighted by atomic mass is 10.0. The van der Waals surface area contributed by atoms with Crippen molar-refractivity contribution < 1.29 is 14.7 Å². The van der Waals surface area contributed by atoms with Gasteiger partial charge >= 0.3 is 5.97 Å². The first kappa shape index (κ1) is 14.4. The SMILES string of the molecule is CC(NC(=O)CN1CCc2ccccc21)C(C)C(=O)O. The van der Waals surface area contributed by atoms with Crippen molar-refractivity contribution in [3.8, 4) is 0 Å². The Balaban J connectivity index is 1.92. The van der Waals surface area contributed by atoms with Crippen molar-refractivity contribution in [3.63, 3.8) is 0 Å². The van der Waals surface area contributed by atoms with E-state index in [0.29, 0.717) is 0 Å². The number of para-hydroxylation sites is 1. The van der Waals surface area contributed by atoms with E-state index >= 15 is 0 Å². The van der Waals surface area contributed by atoms with E-state index in [1.165, 1.54) is 5.56 Å². The number of benzene rings is 1. The van der Waals surface area contributed by atoms with Gasteiger partial charge in [-0.05, 0) is 31.9 Å². The van der Waals surface area contributed by atoms with Gasteiger partial charge in [-0.2, -0.15) is 0 Å². The van der Waals surface area contributed by atoms with E-state index in [0.717, 1.165) is 18.7 Å². The number of anilines is 1. The minimum Gasteiger partial charge on any atom is -0.481 e. The van der Waals surface area contributed by atoms with Crippen LogP contribution in [0, 0.1) is 5.92 Å². The topological polar surface area (TPSA) is 69.6 Å². The average Bonchev–Trinajstić information content (AvgIpc) is 2.81. The van der Waals surface area contributed by atoms with Crippen LogP contribution in [0.25, 0.3) is 0 Å². The fourth-order valence-electron chi connectivity index (χ4n) is 2.38. The van der Waals surface area contributed by atoms with E-state index in [-0.39, 0.29) is 18.5 Å². The number of carbonyl (C=O) groups is 2. The summed E-state index contributed by atoms with van der Waals surface area (Å²) in [4.78, 5) is 24.9. The minimum atomic E-state index is -0.899. The molecule has 0 saturated heterocycles. The number of fused-ring (bicyclic) bond motifs is 1. The number of amides is 1. The van der Waals surface area contributed by atoms with E-state index in [1.54, 1.807) is 13.8 Å². The third-order valence-electron chi connectivity index (χ3n) is 3.85. The highest BCUT2D eigenvalue weighted by Crippen LogP contribution is 2.26. The molecule has 1 aliphatic rings. The fraction of sp³-hybridized carbons (Fsp3) is 0.467. The van der Waals surface area contributed by atoms with Gasteiger partial charge < -0.3 is 15.3 Å². The fourth-order valence-corrected chi connectivity index (χ4v) is 2.38. The van der Waals surface area contributed by atoms with Crippen LogP contribution in [0.4, 0.5) is 5.69 Å². The molecule has 2 N–H and O–H groups in total. The first-order chi connectivity index (χ1) is 9.49. The smallest absolute Gasteiger partial charge is 0.308 e. The van der Waals surface area contributed by atoms with Gasteiger partial charge in [0.1, 0.15) is 0 Å². The van der Waals surface area contributed by atoms with Crippen LogP contribution in [-0.2, 0) is 16.0 Å². The summed E-state index contributed by atoms with van der Waals surface area (Å²) in [5, 5.41) is 11.7. The van der Waals surface area contributed by atoms with Crippen LogP contribution in [0.2, 0.25) is 0 Å². The maximum atomic E-state index is 12.0. The Labute approximate surface area is 118 Å². The first-order valence-electron chi connectivity index (χ1n) is 6.84. The van der Waals surface area contributed by atoms with Gasteiger partial charge in [0.2, 0.25) is 5.91 Å². The normalized spacial score (nSPS) is 16.4. The van der Waals surface area contributed by atoms with Gasteiger partial charge in [-0.1, -0.05) is 18.2 Å². The predicted octanol–water partition coefficient (Wildman–Crippen LogP) is 1.27. The third-order valence-corrected chi connectivity index (χ3v) is 3.85. The maximum Gasteiger partial charge on any atom is 0.308 e. The summed E-state index contributed by atoms with van der Waals surface area (Å²) >= 11 is 0. The largest absolute Gasteiger partial charge is 0.481 e. The van der Waals surface area contributed by atoms with Crippen LogP contribution in [0.5, 0.6) is 0 Å². The van der Waals surface area contributed by atoms with Crippen molar-refractivity contribution >= 4 is 17.6 Å². The molecule has 0 spiro atoms. The standard InChI is InChI=1S/C15H20N2O3/c1-10(15(19)20)11(2)16-14(18)9-17-8-7-12-5-3-4-6-13(12)17/h3-6,10-11H,7-9H2,1-2H3,(H,16,18)(H,19,20). The molecule has 2 unspecified atom stereocenters. The lowest BCUT2D eigenvalue weighted by Crippen LogP contribution is -2.44. The molecule has 2 rings (SSSR count). The summed E-state index contributed by atoms with van der Waals surface area (Å²) < 4.78 is 0. The number of carbonyl (C=O) groups excluding carboxylic acids is 1. The predicted molar refractivity (Wildman–Crippen MR) is 76.8 cm³/mol. The van der Waals surface area contributed by atoms with Crippen LogP contribution in [0.15, 0.2) is 24.3 Å².